The van der Waals surface area contributed by atoms with Crippen LogP contribution in [0.4, 0.5) is 19.1 Å². The maximum Gasteiger partial charge on any atom is 0.573 e. The Bertz CT molecular complexity index is 848. The molecular formula is C12H9F3N6OS. The van der Waals surface area contributed by atoms with E-state index in [1.807, 2.05) is 0 Å². The molecule has 7 nitrogen and oxygen atoms in total. The normalized spacial score (nSPS) is 11.8. The Morgan fingerprint density at radius 3 is 2.43 bits per heavy atom. The molecule has 0 atom stereocenters. The SMILES string of the molecule is CSc1nc(N)n2nc(-c3ccc(OC(F)(F)F)cc3)nc2n1. The van der Waals surface area contributed by atoms with Crippen LogP contribution in [0, 0.1) is 0 Å². The fourth-order valence-corrected chi connectivity index (χ4v) is 2.16. The van der Waals surface area contributed by atoms with Crippen LogP contribution in [-0.4, -0.2) is 37.2 Å². The van der Waals surface area contributed by atoms with Crippen molar-refractivity contribution < 1.29 is 17.9 Å². The van der Waals surface area contributed by atoms with Crippen LogP contribution in [-0.2, 0) is 0 Å². The van der Waals surface area contributed by atoms with Crippen molar-refractivity contribution in [3.05, 3.63) is 24.3 Å². The fraction of sp³-hybridized carbons (Fsp3) is 0.167. The second-order valence-corrected chi connectivity index (χ2v) is 5.06. The summed E-state index contributed by atoms with van der Waals surface area (Å²) in [6, 6.07) is 5.18. The highest BCUT2D eigenvalue weighted by Gasteiger charge is 2.31. The Hall–Kier alpha value is -2.56. The number of hydrogen-bond acceptors (Lipinski definition) is 7. The van der Waals surface area contributed by atoms with Gasteiger partial charge in [0.15, 0.2) is 11.0 Å². The number of hydrogen-bond donors (Lipinski definition) is 1. The minimum atomic E-state index is -4.74. The molecule has 11 heteroatoms. The molecule has 2 heterocycles. The summed E-state index contributed by atoms with van der Waals surface area (Å²) >= 11 is 1.30. The maximum absolute atomic E-state index is 12.1. The molecule has 1 aromatic carbocycles. The molecule has 0 bridgehead atoms. The Morgan fingerprint density at radius 2 is 1.83 bits per heavy atom. The van der Waals surface area contributed by atoms with E-state index in [0.29, 0.717) is 10.7 Å². The van der Waals surface area contributed by atoms with E-state index in [1.165, 1.54) is 40.5 Å². The van der Waals surface area contributed by atoms with Crippen molar-refractivity contribution in [2.45, 2.75) is 11.5 Å². The molecule has 3 aromatic rings. The summed E-state index contributed by atoms with van der Waals surface area (Å²) in [5.41, 5.74) is 6.26. The molecule has 2 N–H and O–H groups in total. The van der Waals surface area contributed by atoms with Gasteiger partial charge in [-0.05, 0) is 30.5 Å². The Kier molecular flexibility index (Phi) is 3.72. The third-order valence-corrected chi connectivity index (χ3v) is 3.29. The molecule has 0 aliphatic rings. The van der Waals surface area contributed by atoms with E-state index in [9.17, 15) is 13.2 Å². The highest BCUT2D eigenvalue weighted by molar-refractivity contribution is 7.98. The standard InChI is InChI=1S/C12H9F3N6OS/c1-23-11-18-9(16)21-10(19-11)17-8(20-21)6-2-4-7(5-3-6)22-12(13,14)15/h2-5H,1H3,(H2,16,17,18,19,20). The first-order valence-corrected chi connectivity index (χ1v) is 7.38. The number of anilines is 1. The molecule has 0 spiro atoms. The van der Waals surface area contributed by atoms with Crippen LogP contribution in [0.1, 0.15) is 0 Å². The summed E-state index contributed by atoms with van der Waals surface area (Å²) < 4.78 is 41.5. The van der Waals surface area contributed by atoms with Crippen LogP contribution in [0.2, 0.25) is 0 Å². The van der Waals surface area contributed by atoms with Crippen molar-refractivity contribution in [1.82, 2.24) is 24.6 Å². The lowest BCUT2D eigenvalue weighted by Gasteiger charge is -2.08. The van der Waals surface area contributed by atoms with Gasteiger partial charge in [-0.1, -0.05) is 11.8 Å². The predicted octanol–water partition coefficient (Wildman–Crippen LogP) is 2.39. The molecule has 0 saturated heterocycles. The summed E-state index contributed by atoms with van der Waals surface area (Å²) in [6.07, 6.45) is -2.94. The first kappa shape index (κ1) is 15.3. The average Bonchev–Trinajstić information content (AvgIpc) is 2.90. The van der Waals surface area contributed by atoms with Crippen molar-refractivity contribution in [3.8, 4) is 17.1 Å². The number of ether oxygens (including phenoxy) is 1. The van der Waals surface area contributed by atoms with Crippen molar-refractivity contribution in [1.29, 1.82) is 0 Å². The monoisotopic (exact) mass is 342 g/mol. The molecule has 0 aliphatic carbocycles. The largest absolute Gasteiger partial charge is 0.573 e. The first-order valence-electron chi connectivity index (χ1n) is 6.16. The highest BCUT2D eigenvalue weighted by atomic mass is 32.2. The Morgan fingerprint density at radius 1 is 1.13 bits per heavy atom. The predicted molar refractivity (Wildman–Crippen MR) is 76.9 cm³/mol. The first-order chi connectivity index (χ1) is 10.9. The minimum absolute atomic E-state index is 0.120. The molecule has 0 aliphatic heterocycles. The minimum Gasteiger partial charge on any atom is -0.406 e. The molecule has 0 amide bonds. The maximum atomic E-state index is 12.1. The number of fused-ring (bicyclic) bond motifs is 1. The van der Waals surface area contributed by atoms with Gasteiger partial charge in [0.2, 0.25) is 5.95 Å². The van der Waals surface area contributed by atoms with E-state index in [2.05, 4.69) is 24.8 Å². The van der Waals surface area contributed by atoms with Crippen LogP contribution in [0.5, 0.6) is 5.75 Å². The van der Waals surface area contributed by atoms with Gasteiger partial charge in [0.25, 0.3) is 5.78 Å². The smallest absolute Gasteiger partial charge is 0.406 e. The zero-order chi connectivity index (χ0) is 16.6. The summed E-state index contributed by atoms with van der Waals surface area (Å²) in [5, 5.41) is 4.59. The highest BCUT2D eigenvalue weighted by Crippen LogP contribution is 2.25. The number of alkyl halides is 3. The van der Waals surface area contributed by atoms with E-state index >= 15 is 0 Å². The van der Waals surface area contributed by atoms with Crippen molar-refractivity contribution in [3.63, 3.8) is 0 Å². The number of thioether (sulfide) groups is 1. The van der Waals surface area contributed by atoms with Gasteiger partial charge in [-0.25, -0.2) is 0 Å². The van der Waals surface area contributed by atoms with Crippen LogP contribution < -0.4 is 10.5 Å². The third-order valence-electron chi connectivity index (χ3n) is 2.74. The van der Waals surface area contributed by atoms with Gasteiger partial charge in [-0.3, -0.25) is 0 Å². The van der Waals surface area contributed by atoms with E-state index in [1.54, 1.807) is 6.26 Å². The zero-order valence-electron chi connectivity index (χ0n) is 11.6. The van der Waals surface area contributed by atoms with Crippen LogP contribution >= 0.6 is 11.8 Å². The van der Waals surface area contributed by atoms with Gasteiger partial charge in [0.1, 0.15) is 5.75 Å². The second-order valence-electron chi connectivity index (χ2n) is 4.29. The molecule has 0 fully saturated rings. The number of benzene rings is 1. The van der Waals surface area contributed by atoms with E-state index in [-0.39, 0.29) is 23.3 Å². The van der Waals surface area contributed by atoms with Crippen LogP contribution in [0.25, 0.3) is 17.2 Å². The average molecular weight is 342 g/mol. The second kappa shape index (κ2) is 5.57. The lowest BCUT2D eigenvalue weighted by Crippen LogP contribution is -2.16. The van der Waals surface area contributed by atoms with Gasteiger partial charge in [-0.15, -0.1) is 18.3 Å². The number of nitrogens with two attached hydrogens (primary N) is 1. The van der Waals surface area contributed by atoms with Crippen molar-refractivity contribution >= 4 is 23.5 Å². The van der Waals surface area contributed by atoms with E-state index < -0.39 is 6.36 Å². The van der Waals surface area contributed by atoms with E-state index in [4.69, 9.17) is 5.73 Å². The number of aromatic nitrogens is 5. The lowest BCUT2D eigenvalue weighted by atomic mass is 10.2. The molecule has 0 saturated carbocycles. The summed E-state index contributed by atoms with van der Waals surface area (Å²) in [4.78, 5) is 12.4. The summed E-state index contributed by atoms with van der Waals surface area (Å²) in [5.74, 6) is 0.319. The summed E-state index contributed by atoms with van der Waals surface area (Å²) in [7, 11) is 0. The van der Waals surface area contributed by atoms with Gasteiger partial charge in [0, 0.05) is 5.56 Å². The van der Waals surface area contributed by atoms with Crippen molar-refractivity contribution in [2.75, 3.05) is 12.0 Å². The molecular weight excluding hydrogens is 333 g/mol. The third kappa shape index (κ3) is 3.28. The van der Waals surface area contributed by atoms with Crippen molar-refractivity contribution in [2.24, 2.45) is 0 Å². The van der Waals surface area contributed by atoms with Gasteiger partial charge in [0.05, 0.1) is 0 Å². The molecule has 0 radical (unpaired) electrons. The molecule has 120 valence electrons. The van der Waals surface area contributed by atoms with Gasteiger partial charge < -0.3 is 10.5 Å². The summed E-state index contributed by atoms with van der Waals surface area (Å²) in [6.45, 7) is 0. The number of halogens is 3. The number of nitrogens with zero attached hydrogens (tertiary/aromatic N) is 5. The Balaban J connectivity index is 1.95. The molecule has 3 rings (SSSR count). The zero-order valence-corrected chi connectivity index (χ0v) is 12.4. The topological polar surface area (TPSA) is 91.2 Å². The molecule has 0 unspecified atom stereocenters. The van der Waals surface area contributed by atoms with Crippen LogP contribution in [0.15, 0.2) is 29.4 Å². The molecule has 23 heavy (non-hydrogen) atoms. The number of nitrogen functional groups attached to an aromatic ring is 1. The van der Waals surface area contributed by atoms with E-state index in [0.717, 1.165) is 0 Å². The van der Waals surface area contributed by atoms with Gasteiger partial charge in [-0.2, -0.15) is 19.5 Å². The lowest BCUT2D eigenvalue weighted by molar-refractivity contribution is -0.274. The quantitative estimate of drug-likeness (QED) is 0.731. The Labute approximate surface area is 131 Å². The van der Waals surface area contributed by atoms with Crippen LogP contribution in [0.3, 0.4) is 0 Å². The molecule has 2 aromatic heterocycles. The fourth-order valence-electron chi connectivity index (χ4n) is 1.81. The number of rotatable bonds is 3. The van der Waals surface area contributed by atoms with Gasteiger partial charge >= 0.3 is 6.36 Å².